The zero-order valence-electron chi connectivity index (χ0n) is 20.9. The summed E-state index contributed by atoms with van der Waals surface area (Å²) in [4.78, 5) is 45.2. The number of halogens is 1. The van der Waals surface area contributed by atoms with Gasteiger partial charge in [0.15, 0.2) is 0 Å². The molecule has 0 saturated carbocycles. The second-order valence-electron chi connectivity index (χ2n) is 9.28. The average molecular weight is 572 g/mol. The summed E-state index contributed by atoms with van der Waals surface area (Å²) in [5.41, 5.74) is 0.533. The van der Waals surface area contributed by atoms with Crippen molar-refractivity contribution in [2.24, 2.45) is 0 Å². The number of benzene rings is 3. The zero-order valence-corrected chi connectivity index (χ0v) is 22.5. The molecule has 3 heterocycles. The Morgan fingerprint density at radius 2 is 1.75 bits per heavy atom. The van der Waals surface area contributed by atoms with Gasteiger partial charge in [-0.15, -0.1) is 0 Å². The zero-order chi connectivity index (χ0) is 27.8. The predicted molar refractivity (Wildman–Crippen MR) is 155 cm³/mol. The molecule has 0 bridgehead atoms. The smallest absolute Gasteiger partial charge is 0.332 e. The van der Waals surface area contributed by atoms with Crippen LogP contribution in [0.3, 0.4) is 0 Å². The number of para-hydroxylation sites is 1. The molecule has 1 atom stereocenters. The van der Waals surface area contributed by atoms with Gasteiger partial charge in [0.25, 0.3) is 5.56 Å². The Morgan fingerprint density at radius 3 is 2.50 bits per heavy atom. The molecular formula is C30H22ClN3O5S. The van der Waals surface area contributed by atoms with E-state index < -0.39 is 23.3 Å². The van der Waals surface area contributed by atoms with Crippen molar-refractivity contribution in [1.82, 2.24) is 14.1 Å². The van der Waals surface area contributed by atoms with E-state index in [0.29, 0.717) is 21.9 Å². The Balaban J connectivity index is 1.52. The maximum Gasteiger partial charge on any atom is 0.332 e. The Hall–Kier alpha value is -4.47. The average Bonchev–Trinajstić information content (AvgIpc) is 3.62. The van der Waals surface area contributed by atoms with E-state index in [1.165, 1.54) is 22.6 Å². The van der Waals surface area contributed by atoms with Crippen molar-refractivity contribution < 1.29 is 14.3 Å². The van der Waals surface area contributed by atoms with Gasteiger partial charge in [0.2, 0.25) is 0 Å². The fourth-order valence-electron chi connectivity index (χ4n) is 4.86. The van der Waals surface area contributed by atoms with E-state index in [-0.39, 0.29) is 18.4 Å². The standard InChI is InChI=1S/C30H22ClN3O5S/c31-19-7-9-21(10-8-19)40-22-11-12-26-24(15-22)28(35)34(30(38)33(26)17-20-4-3-13-39-20)27(29(36)37)14-18-16-32-25-6-2-1-5-23(18)25/h1-13,15-16,27,32H,14,17H2,(H,36,37). The second kappa shape index (κ2) is 10.6. The molecule has 200 valence electrons. The van der Waals surface area contributed by atoms with E-state index in [1.54, 1.807) is 42.6 Å². The number of hydrogen-bond acceptors (Lipinski definition) is 5. The van der Waals surface area contributed by atoms with Gasteiger partial charge >= 0.3 is 11.7 Å². The van der Waals surface area contributed by atoms with Crippen LogP contribution < -0.4 is 11.2 Å². The van der Waals surface area contributed by atoms with E-state index in [0.717, 1.165) is 25.3 Å². The molecule has 0 amide bonds. The number of nitrogens with one attached hydrogen (secondary N) is 1. The van der Waals surface area contributed by atoms with Crippen LogP contribution in [0.15, 0.2) is 115 Å². The van der Waals surface area contributed by atoms with E-state index >= 15 is 0 Å². The number of nitrogens with zero attached hydrogens (tertiary/aromatic N) is 2. The fraction of sp³-hybridized carbons (Fsp3) is 0.100. The number of fused-ring (bicyclic) bond motifs is 2. The lowest BCUT2D eigenvalue weighted by Gasteiger charge is -2.19. The van der Waals surface area contributed by atoms with E-state index in [9.17, 15) is 19.5 Å². The van der Waals surface area contributed by atoms with Crippen molar-refractivity contribution in [3.63, 3.8) is 0 Å². The van der Waals surface area contributed by atoms with Crippen LogP contribution in [0, 0.1) is 0 Å². The Bertz CT molecular complexity index is 1970. The Kier molecular flexibility index (Phi) is 6.83. The number of carboxylic acids is 1. The highest BCUT2D eigenvalue weighted by Gasteiger charge is 2.28. The molecule has 1 unspecified atom stereocenters. The summed E-state index contributed by atoms with van der Waals surface area (Å²) in [5, 5.41) is 12.0. The van der Waals surface area contributed by atoms with Crippen LogP contribution in [0.5, 0.6) is 0 Å². The Morgan fingerprint density at radius 1 is 0.975 bits per heavy atom. The molecule has 2 N–H and O–H groups in total. The largest absolute Gasteiger partial charge is 0.480 e. The maximum absolute atomic E-state index is 13.9. The van der Waals surface area contributed by atoms with Gasteiger partial charge in [0.05, 0.1) is 23.7 Å². The molecule has 3 aromatic carbocycles. The first-order valence-electron chi connectivity index (χ1n) is 12.4. The fourth-order valence-corrected chi connectivity index (χ4v) is 5.84. The molecule has 0 radical (unpaired) electrons. The monoisotopic (exact) mass is 571 g/mol. The lowest BCUT2D eigenvalue weighted by Crippen LogP contribution is -2.45. The molecule has 40 heavy (non-hydrogen) atoms. The number of rotatable bonds is 8. The summed E-state index contributed by atoms with van der Waals surface area (Å²) in [7, 11) is 0. The summed E-state index contributed by atoms with van der Waals surface area (Å²) in [6.07, 6.45) is 3.16. The first-order chi connectivity index (χ1) is 19.4. The second-order valence-corrected chi connectivity index (χ2v) is 10.9. The number of aliphatic carboxylic acids is 1. The van der Waals surface area contributed by atoms with Crippen molar-refractivity contribution in [3.8, 4) is 0 Å². The molecule has 0 aliphatic heterocycles. The van der Waals surface area contributed by atoms with Gasteiger partial charge in [-0.3, -0.25) is 9.36 Å². The summed E-state index contributed by atoms with van der Waals surface area (Å²) >= 11 is 7.44. The van der Waals surface area contributed by atoms with Crippen molar-refractivity contribution in [3.05, 3.63) is 129 Å². The molecular weight excluding hydrogens is 550 g/mol. The van der Waals surface area contributed by atoms with Crippen LogP contribution >= 0.6 is 23.4 Å². The van der Waals surface area contributed by atoms with Gasteiger partial charge in [0, 0.05) is 38.3 Å². The molecule has 0 spiro atoms. The van der Waals surface area contributed by atoms with Crippen LogP contribution in [0.25, 0.3) is 21.8 Å². The predicted octanol–water partition coefficient (Wildman–Crippen LogP) is 5.96. The van der Waals surface area contributed by atoms with Crippen LogP contribution in [0.4, 0.5) is 0 Å². The quantitative estimate of drug-likeness (QED) is 0.233. The van der Waals surface area contributed by atoms with Gasteiger partial charge in [-0.25, -0.2) is 14.2 Å². The molecule has 0 saturated heterocycles. The minimum absolute atomic E-state index is 0.0334. The summed E-state index contributed by atoms with van der Waals surface area (Å²) in [6, 6.07) is 22.0. The minimum atomic E-state index is -1.43. The lowest BCUT2D eigenvalue weighted by molar-refractivity contribution is -0.141. The summed E-state index contributed by atoms with van der Waals surface area (Å²) in [5.74, 6) is -0.781. The third-order valence-electron chi connectivity index (χ3n) is 6.77. The highest BCUT2D eigenvalue weighted by molar-refractivity contribution is 7.99. The highest BCUT2D eigenvalue weighted by Crippen LogP contribution is 2.30. The molecule has 0 aliphatic carbocycles. The van der Waals surface area contributed by atoms with Crippen molar-refractivity contribution in [1.29, 1.82) is 0 Å². The van der Waals surface area contributed by atoms with E-state index in [2.05, 4.69) is 4.98 Å². The van der Waals surface area contributed by atoms with Crippen LogP contribution in [-0.2, 0) is 17.8 Å². The molecule has 8 nitrogen and oxygen atoms in total. The number of hydrogen-bond donors (Lipinski definition) is 2. The number of furan rings is 1. The van der Waals surface area contributed by atoms with E-state index in [4.69, 9.17) is 16.0 Å². The molecule has 10 heteroatoms. The van der Waals surface area contributed by atoms with Crippen molar-refractivity contribution >= 4 is 51.1 Å². The van der Waals surface area contributed by atoms with E-state index in [1.807, 2.05) is 42.5 Å². The highest BCUT2D eigenvalue weighted by atomic mass is 35.5. The molecule has 6 aromatic rings. The minimum Gasteiger partial charge on any atom is -0.480 e. The number of carbonyl (C=O) groups is 1. The SMILES string of the molecule is O=C(O)C(Cc1c[nH]c2ccccc12)n1c(=O)c2cc(Sc3ccc(Cl)cc3)ccc2n(Cc2ccco2)c1=O. The molecule has 6 rings (SSSR count). The summed E-state index contributed by atoms with van der Waals surface area (Å²) in [6.45, 7) is 0.0334. The normalized spacial score (nSPS) is 12.2. The number of aromatic amines is 1. The first-order valence-corrected chi connectivity index (χ1v) is 13.6. The van der Waals surface area contributed by atoms with Gasteiger partial charge in [-0.2, -0.15) is 0 Å². The first kappa shape index (κ1) is 25.8. The molecule has 0 fully saturated rings. The molecule has 3 aromatic heterocycles. The van der Waals surface area contributed by atoms with Crippen molar-refractivity contribution in [2.45, 2.75) is 28.8 Å². The van der Waals surface area contributed by atoms with Crippen LogP contribution in [-0.4, -0.2) is 25.2 Å². The van der Waals surface area contributed by atoms with Gasteiger partial charge < -0.3 is 14.5 Å². The summed E-state index contributed by atoms with van der Waals surface area (Å²) < 4.78 is 7.72. The van der Waals surface area contributed by atoms with Crippen LogP contribution in [0.2, 0.25) is 5.02 Å². The van der Waals surface area contributed by atoms with Crippen LogP contribution in [0.1, 0.15) is 17.4 Å². The lowest BCUT2D eigenvalue weighted by atomic mass is 10.0. The third-order valence-corrected chi connectivity index (χ3v) is 8.02. The van der Waals surface area contributed by atoms with Gasteiger partial charge in [0.1, 0.15) is 11.8 Å². The van der Waals surface area contributed by atoms with Gasteiger partial charge in [-0.1, -0.05) is 41.6 Å². The Labute approximate surface area is 236 Å². The maximum atomic E-state index is 13.9. The third kappa shape index (κ3) is 4.85. The topological polar surface area (TPSA) is 110 Å². The number of aromatic nitrogens is 3. The molecule has 0 aliphatic rings. The number of carboxylic acid groups (broad SMARTS) is 1. The van der Waals surface area contributed by atoms with Crippen molar-refractivity contribution in [2.75, 3.05) is 0 Å². The van der Waals surface area contributed by atoms with Gasteiger partial charge in [-0.05, 0) is 66.2 Å². The number of H-pyrrole nitrogens is 1.